The van der Waals surface area contributed by atoms with E-state index in [1.807, 2.05) is 28.9 Å². The van der Waals surface area contributed by atoms with E-state index in [9.17, 15) is 43.5 Å². The van der Waals surface area contributed by atoms with E-state index in [4.69, 9.17) is 0 Å². The van der Waals surface area contributed by atoms with Crippen LogP contribution in [0.15, 0.2) is 12.1 Å². The molecule has 4 saturated heterocycles. The zero-order chi connectivity index (χ0) is 42.6. The van der Waals surface area contributed by atoms with Gasteiger partial charge in [-0.15, -0.1) is 0 Å². The van der Waals surface area contributed by atoms with Crippen molar-refractivity contribution < 1.29 is 43.5 Å². The fourth-order valence-corrected chi connectivity index (χ4v) is 7.89. The Morgan fingerprint density at radius 1 is 0.569 bits per heavy atom. The number of carbonyl (C=O) groups is 8. The molecule has 4 fully saturated rings. The number of rotatable bonds is 20. The van der Waals surface area contributed by atoms with Gasteiger partial charge in [0.25, 0.3) is 0 Å². The molecular weight excluding hydrogens is 752 g/mol. The lowest BCUT2D eigenvalue weighted by Crippen LogP contribution is -2.48. The summed E-state index contributed by atoms with van der Waals surface area (Å²) >= 11 is 0. The van der Waals surface area contributed by atoms with Crippen LogP contribution < -0.4 is 10.6 Å². The molecule has 58 heavy (non-hydrogen) atoms. The predicted molar refractivity (Wildman–Crippen MR) is 207 cm³/mol. The molecule has 4 aliphatic heterocycles. The molecule has 8 amide bonds. The second-order valence-corrected chi connectivity index (χ2v) is 16.6. The molecule has 19 nitrogen and oxygen atoms in total. The summed E-state index contributed by atoms with van der Waals surface area (Å²) in [5, 5.41) is 18.2. The van der Waals surface area contributed by atoms with Crippen molar-refractivity contribution in [3.63, 3.8) is 0 Å². The number of aromatic hydroxyl groups is 1. The molecule has 19 heteroatoms. The predicted octanol–water partition coefficient (Wildman–Crippen LogP) is -0.413. The van der Waals surface area contributed by atoms with E-state index in [1.54, 1.807) is 51.6 Å². The molecule has 0 aromatic heterocycles. The molecule has 5 rings (SSSR count). The summed E-state index contributed by atoms with van der Waals surface area (Å²) in [7, 11) is 3.53. The molecule has 0 aliphatic carbocycles. The number of amides is 8. The Balaban J connectivity index is 1.33. The lowest BCUT2D eigenvalue weighted by atomic mass is 10.0. The standard InChI is InChI=1S/C39H58N10O9/c1-24-8-29(14-44(16-40-18-46-31(50)10-25(2)36(46)55)20-42(6)22-48-33(52)12-27(4)38(48)57)35(54)30(9-24)15-45(17-41-19-47-32(51)11-26(3)37(47)56)21-43(7)23-49-34(53)13-28(5)39(49)58/h8-9,25-28,40-41,54H,10-23H2,1-7H3. The fraction of sp³-hybridized carbons (Fsp3) is 0.641. The lowest BCUT2D eigenvalue weighted by Gasteiger charge is -2.32. The summed E-state index contributed by atoms with van der Waals surface area (Å²) in [6.45, 7) is 10.1. The number of hydrogen-bond donors (Lipinski definition) is 3. The highest BCUT2D eigenvalue weighted by molar-refractivity contribution is 6.05. The number of aryl methyl sites for hydroxylation is 1. The number of likely N-dealkylation sites (tertiary alicyclic amines) is 4. The van der Waals surface area contributed by atoms with E-state index in [-0.39, 0.29) is 145 Å². The summed E-state index contributed by atoms with van der Waals surface area (Å²) in [6, 6.07) is 3.70. The number of nitrogens with zero attached hydrogens (tertiary/aromatic N) is 8. The van der Waals surface area contributed by atoms with E-state index in [0.717, 1.165) is 5.56 Å². The van der Waals surface area contributed by atoms with Gasteiger partial charge in [0, 0.05) is 73.6 Å². The molecule has 4 unspecified atom stereocenters. The van der Waals surface area contributed by atoms with Gasteiger partial charge >= 0.3 is 0 Å². The van der Waals surface area contributed by atoms with Crippen LogP contribution in [0.5, 0.6) is 5.75 Å². The minimum absolute atomic E-state index is 0.00949. The quantitative estimate of drug-likeness (QED) is 0.113. The number of carbonyl (C=O) groups excluding carboxylic acids is 8. The van der Waals surface area contributed by atoms with E-state index >= 15 is 0 Å². The van der Waals surface area contributed by atoms with Gasteiger partial charge in [-0.25, -0.2) is 0 Å². The van der Waals surface area contributed by atoms with Crippen LogP contribution in [0, 0.1) is 30.6 Å². The van der Waals surface area contributed by atoms with Crippen molar-refractivity contribution in [2.75, 3.05) is 67.4 Å². The van der Waals surface area contributed by atoms with Gasteiger partial charge in [-0.1, -0.05) is 45.4 Å². The van der Waals surface area contributed by atoms with Crippen molar-refractivity contribution in [3.05, 3.63) is 28.8 Å². The summed E-state index contributed by atoms with van der Waals surface area (Å²) in [5.74, 6) is -3.58. The number of imide groups is 4. The molecule has 1 aromatic rings. The SMILES string of the molecule is Cc1cc(CN(CNCN2C(=O)CC(C)C2=O)CN(C)CN2C(=O)CC(C)C2=O)c(O)c(CN(CNCN2C(=O)CC(C)C2=O)CN(C)CN2C(=O)CC(C)C2=O)c1. The molecule has 0 saturated carbocycles. The van der Waals surface area contributed by atoms with Crippen LogP contribution in [0.25, 0.3) is 0 Å². The average Bonchev–Trinajstić information content (AvgIpc) is 3.73. The second kappa shape index (κ2) is 18.9. The molecular formula is C39H58N10O9. The number of phenols is 1. The largest absolute Gasteiger partial charge is 0.507 e. The Hall–Kier alpha value is -4.66. The van der Waals surface area contributed by atoms with Crippen molar-refractivity contribution in [1.29, 1.82) is 0 Å². The van der Waals surface area contributed by atoms with Gasteiger partial charge in [0.2, 0.25) is 47.3 Å². The highest BCUT2D eigenvalue weighted by Crippen LogP contribution is 2.28. The van der Waals surface area contributed by atoms with E-state index in [1.165, 1.54) is 19.6 Å². The highest BCUT2D eigenvalue weighted by atomic mass is 16.3. The Bertz CT molecular complexity index is 1680. The third kappa shape index (κ3) is 10.5. The molecule has 4 heterocycles. The van der Waals surface area contributed by atoms with Crippen molar-refractivity contribution in [2.24, 2.45) is 23.7 Å². The number of hydrogen-bond acceptors (Lipinski definition) is 15. The minimum Gasteiger partial charge on any atom is -0.507 e. The lowest BCUT2D eigenvalue weighted by molar-refractivity contribution is -0.143. The topological polar surface area (TPSA) is 207 Å². The van der Waals surface area contributed by atoms with Gasteiger partial charge in [-0.2, -0.15) is 0 Å². The van der Waals surface area contributed by atoms with Crippen molar-refractivity contribution >= 4 is 47.3 Å². The maximum absolute atomic E-state index is 12.7. The van der Waals surface area contributed by atoms with Crippen LogP contribution in [0.1, 0.15) is 70.1 Å². The van der Waals surface area contributed by atoms with Crippen molar-refractivity contribution in [2.45, 2.75) is 73.4 Å². The zero-order valence-corrected chi connectivity index (χ0v) is 34.7. The molecule has 318 valence electrons. The second-order valence-electron chi connectivity index (χ2n) is 16.6. The maximum Gasteiger partial charge on any atom is 0.233 e. The molecule has 0 bridgehead atoms. The van der Waals surface area contributed by atoms with E-state index < -0.39 is 23.7 Å². The summed E-state index contributed by atoms with van der Waals surface area (Å²) in [5.41, 5.74) is 1.99. The normalized spacial score (nSPS) is 23.1. The molecule has 4 aliphatic rings. The van der Waals surface area contributed by atoms with Gasteiger partial charge in [0.15, 0.2) is 0 Å². The van der Waals surface area contributed by atoms with Crippen LogP contribution >= 0.6 is 0 Å². The van der Waals surface area contributed by atoms with E-state index in [0.29, 0.717) is 11.1 Å². The first-order valence-corrected chi connectivity index (χ1v) is 19.8. The molecule has 1 aromatic carbocycles. The highest BCUT2D eigenvalue weighted by Gasteiger charge is 2.39. The molecule has 0 spiro atoms. The fourth-order valence-electron chi connectivity index (χ4n) is 7.89. The van der Waals surface area contributed by atoms with Gasteiger partial charge in [-0.3, -0.25) is 88.2 Å². The van der Waals surface area contributed by atoms with Crippen molar-refractivity contribution in [3.8, 4) is 5.75 Å². The first-order valence-electron chi connectivity index (χ1n) is 19.8. The Morgan fingerprint density at radius 3 is 1.17 bits per heavy atom. The average molecular weight is 811 g/mol. The summed E-state index contributed by atoms with van der Waals surface area (Å²) < 4.78 is 0. The van der Waals surface area contributed by atoms with E-state index in [2.05, 4.69) is 10.6 Å². The number of benzene rings is 1. The van der Waals surface area contributed by atoms with Crippen LogP contribution in [0.2, 0.25) is 0 Å². The maximum atomic E-state index is 12.7. The van der Waals surface area contributed by atoms with Gasteiger partial charge < -0.3 is 5.11 Å². The van der Waals surface area contributed by atoms with Crippen LogP contribution in [-0.2, 0) is 51.4 Å². The van der Waals surface area contributed by atoms with Gasteiger partial charge in [0.05, 0.1) is 53.3 Å². The first kappa shape index (κ1) is 44.4. The van der Waals surface area contributed by atoms with Crippen LogP contribution in [0.4, 0.5) is 0 Å². The Morgan fingerprint density at radius 2 is 0.879 bits per heavy atom. The smallest absolute Gasteiger partial charge is 0.233 e. The minimum atomic E-state index is -0.394. The third-order valence-electron chi connectivity index (χ3n) is 10.9. The Labute approximate surface area is 339 Å². The van der Waals surface area contributed by atoms with Crippen LogP contribution in [0.3, 0.4) is 0 Å². The molecule has 3 N–H and O–H groups in total. The number of phenolic OH excluding ortho intramolecular Hbond substituents is 1. The summed E-state index contributed by atoms with van der Waals surface area (Å²) in [6.07, 6.45) is 0.593. The zero-order valence-electron chi connectivity index (χ0n) is 34.7. The van der Waals surface area contributed by atoms with Crippen LogP contribution in [-0.4, -0.2) is 159 Å². The molecule has 4 atom stereocenters. The van der Waals surface area contributed by atoms with Crippen molar-refractivity contribution in [1.82, 2.24) is 49.8 Å². The molecule has 0 radical (unpaired) electrons. The Kier molecular flexibility index (Phi) is 14.5. The monoisotopic (exact) mass is 810 g/mol. The van der Waals surface area contributed by atoms with Gasteiger partial charge in [-0.05, 0) is 21.0 Å². The first-order chi connectivity index (χ1) is 27.3. The van der Waals surface area contributed by atoms with Gasteiger partial charge in [0.1, 0.15) is 5.75 Å². The third-order valence-corrected chi connectivity index (χ3v) is 10.9. The number of nitrogens with one attached hydrogen (secondary N) is 2. The summed E-state index contributed by atoms with van der Waals surface area (Å²) in [4.78, 5) is 113.